The molecule has 0 amide bonds. The highest BCUT2D eigenvalue weighted by molar-refractivity contribution is 9.08. The summed E-state index contributed by atoms with van der Waals surface area (Å²) in [6.07, 6.45) is 0. The quantitative estimate of drug-likeness (QED) is 0.523. The van der Waals surface area contributed by atoms with Crippen LogP contribution in [0.3, 0.4) is 0 Å². The summed E-state index contributed by atoms with van der Waals surface area (Å²) < 4.78 is 10.6. The number of fused-ring (bicyclic) bond motifs is 1. The zero-order valence-corrected chi connectivity index (χ0v) is 13.0. The normalized spacial score (nSPS) is 10.8. The van der Waals surface area contributed by atoms with Gasteiger partial charge in [0.2, 0.25) is 0 Å². The Morgan fingerprint density at radius 1 is 1.14 bits per heavy atom. The van der Waals surface area contributed by atoms with E-state index in [2.05, 4.69) is 15.9 Å². The molecule has 0 aliphatic rings. The zero-order chi connectivity index (χ0) is 14.8. The maximum atomic E-state index is 12.2. The second-order valence-electron chi connectivity index (χ2n) is 4.60. The molecule has 0 fully saturated rings. The Balaban J connectivity index is 2.42. The fraction of sp³-hybridized carbons (Fsp3) is 0.118. The van der Waals surface area contributed by atoms with Gasteiger partial charge in [0.25, 0.3) is 0 Å². The van der Waals surface area contributed by atoms with Crippen molar-refractivity contribution in [1.29, 1.82) is 0 Å². The van der Waals surface area contributed by atoms with E-state index in [0.29, 0.717) is 22.2 Å². The third-order valence-corrected chi connectivity index (χ3v) is 3.97. The summed E-state index contributed by atoms with van der Waals surface area (Å²) in [6.45, 7) is 0. The van der Waals surface area contributed by atoms with Crippen LogP contribution in [0.1, 0.15) is 5.56 Å². The van der Waals surface area contributed by atoms with Gasteiger partial charge in [0.05, 0.1) is 12.7 Å². The van der Waals surface area contributed by atoms with Crippen LogP contribution in [0.4, 0.5) is 0 Å². The van der Waals surface area contributed by atoms with Crippen LogP contribution < -0.4 is 10.4 Å². The lowest BCUT2D eigenvalue weighted by Crippen LogP contribution is -2.08. The van der Waals surface area contributed by atoms with E-state index in [4.69, 9.17) is 9.15 Å². The summed E-state index contributed by atoms with van der Waals surface area (Å²) in [5.74, 6) is 0.663. The predicted octanol–water partition coefficient (Wildman–Crippen LogP) is 4.36. The molecule has 0 unspecified atom stereocenters. The highest BCUT2D eigenvalue weighted by atomic mass is 79.9. The Morgan fingerprint density at radius 2 is 1.90 bits per heavy atom. The number of benzene rings is 2. The van der Waals surface area contributed by atoms with E-state index < -0.39 is 0 Å². The summed E-state index contributed by atoms with van der Waals surface area (Å²) in [7, 11) is 1.59. The Bertz CT molecular complexity index is 838. The van der Waals surface area contributed by atoms with Crippen molar-refractivity contribution in [2.75, 3.05) is 7.11 Å². The molecule has 0 spiro atoms. The molecule has 3 aromatic rings. The van der Waals surface area contributed by atoms with Gasteiger partial charge in [0.1, 0.15) is 11.3 Å². The molecule has 3 rings (SSSR count). The van der Waals surface area contributed by atoms with Crippen LogP contribution in [0.15, 0.2) is 57.7 Å². The van der Waals surface area contributed by atoms with Crippen LogP contribution in [0.2, 0.25) is 0 Å². The molecule has 0 aliphatic carbocycles. The van der Waals surface area contributed by atoms with E-state index in [1.165, 1.54) is 0 Å². The number of rotatable bonds is 3. The second-order valence-corrected chi connectivity index (χ2v) is 5.17. The summed E-state index contributed by atoms with van der Waals surface area (Å²) >= 11 is 3.39. The average molecular weight is 345 g/mol. The van der Waals surface area contributed by atoms with Crippen LogP contribution in [-0.4, -0.2) is 7.11 Å². The first-order chi connectivity index (χ1) is 10.2. The first-order valence-corrected chi connectivity index (χ1v) is 7.62. The zero-order valence-electron chi connectivity index (χ0n) is 11.4. The third-order valence-electron chi connectivity index (χ3n) is 3.41. The maximum absolute atomic E-state index is 12.2. The minimum atomic E-state index is -0.327. The average Bonchev–Trinajstić information content (AvgIpc) is 2.53. The van der Waals surface area contributed by atoms with Gasteiger partial charge in [0, 0.05) is 22.3 Å². The number of methoxy groups -OCH3 is 1. The molecule has 0 radical (unpaired) electrons. The van der Waals surface area contributed by atoms with Crippen molar-refractivity contribution in [2.24, 2.45) is 0 Å². The molecular formula is C17H13BrO3. The first kappa shape index (κ1) is 13.9. The van der Waals surface area contributed by atoms with Crippen molar-refractivity contribution in [3.63, 3.8) is 0 Å². The van der Waals surface area contributed by atoms with Crippen LogP contribution in [-0.2, 0) is 5.33 Å². The molecule has 106 valence electrons. The van der Waals surface area contributed by atoms with Crippen molar-refractivity contribution in [2.45, 2.75) is 5.33 Å². The summed E-state index contributed by atoms with van der Waals surface area (Å²) in [4.78, 5) is 12.2. The standard InChI is InChI=1S/C17H13BrO3/c1-20-12-7-8-13-15(9-12)21-17(19)14(10-18)16(13)11-5-3-2-4-6-11/h2-9H,10H2,1H3. The van der Waals surface area contributed by atoms with E-state index in [1.807, 2.05) is 42.5 Å². The van der Waals surface area contributed by atoms with Crippen LogP contribution in [0, 0.1) is 0 Å². The molecule has 0 atom stereocenters. The van der Waals surface area contributed by atoms with E-state index in [-0.39, 0.29) is 5.63 Å². The highest BCUT2D eigenvalue weighted by Gasteiger charge is 2.15. The van der Waals surface area contributed by atoms with Gasteiger partial charge in [0.15, 0.2) is 0 Å². The Hall–Kier alpha value is -2.07. The maximum Gasteiger partial charge on any atom is 0.340 e. The van der Waals surface area contributed by atoms with Gasteiger partial charge in [-0.2, -0.15) is 0 Å². The van der Waals surface area contributed by atoms with Gasteiger partial charge in [-0.25, -0.2) is 4.79 Å². The molecule has 21 heavy (non-hydrogen) atoms. The van der Waals surface area contributed by atoms with Gasteiger partial charge >= 0.3 is 5.63 Å². The molecule has 0 aliphatic heterocycles. The summed E-state index contributed by atoms with van der Waals surface area (Å²) in [5, 5.41) is 1.35. The van der Waals surface area contributed by atoms with E-state index in [9.17, 15) is 4.79 Å². The number of halogens is 1. The van der Waals surface area contributed by atoms with E-state index in [1.54, 1.807) is 13.2 Å². The molecule has 4 heteroatoms. The fourth-order valence-electron chi connectivity index (χ4n) is 2.40. The molecule has 1 heterocycles. The minimum absolute atomic E-state index is 0.327. The highest BCUT2D eigenvalue weighted by Crippen LogP contribution is 2.33. The first-order valence-electron chi connectivity index (χ1n) is 6.49. The van der Waals surface area contributed by atoms with Crippen molar-refractivity contribution in [3.05, 3.63) is 64.5 Å². The number of hydrogen-bond acceptors (Lipinski definition) is 3. The smallest absolute Gasteiger partial charge is 0.340 e. The van der Waals surface area contributed by atoms with Crippen molar-refractivity contribution in [3.8, 4) is 16.9 Å². The Labute approximate surface area is 130 Å². The largest absolute Gasteiger partial charge is 0.497 e. The van der Waals surface area contributed by atoms with E-state index >= 15 is 0 Å². The van der Waals surface area contributed by atoms with Crippen molar-refractivity contribution >= 4 is 26.9 Å². The van der Waals surface area contributed by atoms with E-state index in [0.717, 1.165) is 16.5 Å². The Kier molecular flexibility index (Phi) is 3.80. The van der Waals surface area contributed by atoms with Gasteiger partial charge in [-0.05, 0) is 17.7 Å². The summed E-state index contributed by atoms with van der Waals surface area (Å²) in [5.41, 5.74) is 2.73. The molecule has 2 aromatic carbocycles. The van der Waals surface area contributed by atoms with Crippen LogP contribution in [0.25, 0.3) is 22.1 Å². The van der Waals surface area contributed by atoms with Gasteiger partial charge in [-0.15, -0.1) is 0 Å². The fourth-order valence-corrected chi connectivity index (χ4v) is 2.91. The van der Waals surface area contributed by atoms with Gasteiger partial charge in [-0.3, -0.25) is 0 Å². The lowest BCUT2D eigenvalue weighted by atomic mass is 9.98. The molecule has 0 bridgehead atoms. The molecule has 0 saturated carbocycles. The SMILES string of the molecule is COc1ccc2c(-c3ccccc3)c(CBr)c(=O)oc2c1. The summed E-state index contributed by atoms with van der Waals surface area (Å²) in [6, 6.07) is 15.4. The Morgan fingerprint density at radius 3 is 2.57 bits per heavy atom. The van der Waals surface area contributed by atoms with Gasteiger partial charge in [-0.1, -0.05) is 46.3 Å². The van der Waals surface area contributed by atoms with Crippen LogP contribution in [0.5, 0.6) is 5.75 Å². The molecular weight excluding hydrogens is 332 g/mol. The molecule has 1 aromatic heterocycles. The number of alkyl halides is 1. The monoisotopic (exact) mass is 344 g/mol. The third kappa shape index (κ3) is 2.47. The minimum Gasteiger partial charge on any atom is -0.497 e. The lowest BCUT2D eigenvalue weighted by molar-refractivity contribution is 0.414. The number of hydrogen-bond donors (Lipinski definition) is 0. The van der Waals surface area contributed by atoms with Crippen LogP contribution >= 0.6 is 15.9 Å². The van der Waals surface area contributed by atoms with Crippen molar-refractivity contribution in [1.82, 2.24) is 0 Å². The lowest BCUT2D eigenvalue weighted by Gasteiger charge is -2.11. The number of ether oxygens (including phenoxy) is 1. The topological polar surface area (TPSA) is 39.4 Å². The second kappa shape index (κ2) is 5.74. The predicted molar refractivity (Wildman–Crippen MR) is 87.1 cm³/mol. The van der Waals surface area contributed by atoms with Gasteiger partial charge < -0.3 is 9.15 Å². The molecule has 0 saturated heterocycles. The molecule has 0 N–H and O–H groups in total. The molecule has 3 nitrogen and oxygen atoms in total. The van der Waals surface area contributed by atoms with Crippen molar-refractivity contribution < 1.29 is 9.15 Å².